The summed E-state index contributed by atoms with van der Waals surface area (Å²) < 4.78 is 0. The van der Waals surface area contributed by atoms with Crippen LogP contribution in [0.25, 0.3) is 10.8 Å². The predicted octanol–water partition coefficient (Wildman–Crippen LogP) is 3.14. The molecule has 1 fully saturated rings. The summed E-state index contributed by atoms with van der Waals surface area (Å²) in [6, 6.07) is 14.7. The summed E-state index contributed by atoms with van der Waals surface area (Å²) >= 11 is 0. The fourth-order valence-electron chi connectivity index (χ4n) is 3.09. The van der Waals surface area contributed by atoms with Crippen molar-refractivity contribution in [3.63, 3.8) is 0 Å². The smallest absolute Gasteiger partial charge is 0.241 e. The van der Waals surface area contributed by atoms with Crippen molar-refractivity contribution in [1.29, 1.82) is 0 Å². The highest BCUT2D eigenvalue weighted by atomic mass is 127. The lowest BCUT2D eigenvalue weighted by Gasteiger charge is -2.17. The topological polar surface area (TPSA) is 56.7 Å². The van der Waals surface area contributed by atoms with E-state index in [1.807, 2.05) is 24.0 Å². The minimum atomic E-state index is 0. The van der Waals surface area contributed by atoms with Crippen molar-refractivity contribution in [3.8, 4) is 0 Å². The maximum atomic E-state index is 12.2. The highest BCUT2D eigenvalue weighted by Crippen LogP contribution is 2.16. The van der Waals surface area contributed by atoms with Crippen LogP contribution in [0.5, 0.6) is 0 Å². The molecule has 6 heteroatoms. The number of nitrogens with zero attached hydrogens (tertiary/aromatic N) is 2. The Morgan fingerprint density at radius 1 is 1.08 bits per heavy atom. The van der Waals surface area contributed by atoms with Crippen LogP contribution in [0, 0.1) is 0 Å². The second-order valence-electron chi connectivity index (χ2n) is 6.32. The normalized spacial score (nSPS) is 14.2. The Bertz CT molecular complexity index is 756. The molecule has 5 nitrogen and oxygen atoms in total. The number of aliphatic imine (C=N–C) groups is 1. The molecule has 0 aromatic heterocycles. The van der Waals surface area contributed by atoms with Crippen molar-refractivity contribution in [2.24, 2.45) is 4.99 Å². The van der Waals surface area contributed by atoms with Crippen molar-refractivity contribution >= 4 is 46.6 Å². The largest absolute Gasteiger partial charge is 0.357 e. The minimum Gasteiger partial charge on any atom is -0.357 e. The molecule has 1 aliphatic heterocycles. The van der Waals surface area contributed by atoms with E-state index in [1.165, 1.54) is 10.8 Å². The molecule has 2 aromatic rings. The quantitative estimate of drug-likeness (QED) is 0.405. The van der Waals surface area contributed by atoms with Crippen LogP contribution in [-0.4, -0.2) is 42.9 Å². The standard InChI is InChI=1S/C20H26N4O.HI/c1-2-21-20(23-15-19(25)24-11-5-6-12-24)22-14-16-9-10-17-7-3-4-8-18(17)13-16;/h3-4,7-10,13H,2,5-6,11-12,14-15H2,1H3,(H2,21,22,23);1H. The van der Waals surface area contributed by atoms with Crippen molar-refractivity contribution in [3.05, 3.63) is 48.0 Å². The molecule has 0 saturated carbocycles. The van der Waals surface area contributed by atoms with Gasteiger partial charge in [-0.05, 0) is 42.2 Å². The van der Waals surface area contributed by atoms with E-state index >= 15 is 0 Å². The molecule has 0 aliphatic carbocycles. The van der Waals surface area contributed by atoms with E-state index in [9.17, 15) is 4.79 Å². The Morgan fingerprint density at radius 3 is 2.54 bits per heavy atom. The number of nitrogens with one attached hydrogen (secondary N) is 2. The van der Waals surface area contributed by atoms with Crippen LogP contribution in [0.2, 0.25) is 0 Å². The number of hydrogen-bond acceptors (Lipinski definition) is 2. The van der Waals surface area contributed by atoms with Gasteiger partial charge in [0.25, 0.3) is 0 Å². The van der Waals surface area contributed by atoms with Gasteiger partial charge < -0.3 is 15.5 Å². The molecule has 0 atom stereocenters. The highest BCUT2D eigenvalue weighted by molar-refractivity contribution is 14.0. The molecule has 1 aliphatic rings. The fourth-order valence-corrected chi connectivity index (χ4v) is 3.09. The second kappa shape index (κ2) is 10.4. The zero-order valence-electron chi connectivity index (χ0n) is 15.2. The van der Waals surface area contributed by atoms with Crippen LogP contribution in [0.3, 0.4) is 0 Å². The number of guanidine groups is 1. The summed E-state index contributed by atoms with van der Waals surface area (Å²) in [7, 11) is 0. The Morgan fingerprint density at radius 2 is 1.81 bits per heavy atom. The van der Waals surface area contributed by atoms with Gasteiger partial charge in [-0.1, -0.05) is 36.4 Å². The maximum absolute atomic E-state index is 12.2. The van der Waals surface area contributed by atoms with Gasteiger partial charge in [0.05, 0.1) is 13.1 Å². The Labute approximate surface area is 172 Å². The first kappa shape index (κ1) is 20.5. The van der Waals surface area contributed by atoms with E-state index in [4.69, 9.17) is 0 Å². The van der Waals surface area contributed by atoms with Gasteiger partial charge in [0.15, 0.2) is 5.96 Å². The Balaban J connectivity index is 0.00000243. The number of hydrogen-bond donors (Lipinski definition) is 2. The molecule has 3 rings (SSSR count). The molecule has 1 saturated heterocycles. The van der Waals surface area contributed by atoms with Crippen LogP contribution in [0.1, 0.15) is 25.3 Å². The summed E-state index contributed by atoms with van der Waals surface area (Å²) in [4.78, 5) is 18.7. The van der Waals surface area contributed by atoms with E-state index in [2.05, 4.69) is 46.0 Å². The first-order valence-electron chi connectivity index (χ1n) is 9.04. The van der Waals surface area contributed by atoms with Gasteiger partial charge in [0.1, 0.15) is 0 Å². The van der Waals surface area contributed by atoms with E-state index < -0.39 is 0 Å². The van der Waals surface area contributed by atoms with Gasteiger partial charge in [-0.3, -0.25) is 4.79 Å². The third-order valence-electron chi connectivity index (χ3n) is 4.44. The van der Waals surface area contributed by atoms with Gasteiger partial charge in [-0.25, -0.2) is 4.99 Å². The van der Waals surface area contributed by atoms with Crippen molar-refractivity contribution < 1.29 is 4.79 Å². The number of likely N-dealkylation sites (tertiary alicyclic amines) is 1. The first-order valence-corrected chi connectivity index (χ1v) is 9.04. The number of benzene rings is 2. The van der Waals surface area contributed by atoms with E-state index in [1.54, 1.807) is 0 Å². The second-order valence-corrected chi connectivity index (χ2v) is 6.32. The third kappa shape index (κ3) is 5.59. The molecule has 1 amide bonds. The molecular formula is C20H27IN4O. The SMILES string of the molecule is CCNC(=NCc1ccc2ccccc2c1)NCC(=O)N1CCCC1.I. The first-order chi connectivity index (χ1) is 12.3. The number of halogens is 1. The molecule has 1 heterocycles. The summed E-state index contributed by atoms with van der Waals surface area (Å²) in [6.07, 6.45) is 2.23. The van der Waals surface area contributed by atoms with Gasteiger partial charge in [0.2, 0.25) is 5.91 Å². The lowest BCUT2D eigenvalue weighted by Crippen LogP contribution is -2.44. The van der Waals surface area contributed by atoms with Gasteiger partial charge >= 0.3 is 0 Å². The zero-order valence-corrected chi connectivity index (χ0v) is 17.5. The van der Waals surface area contributed by atoms with Gasteiger partial charge in [-0.15, -0.1) is 24.0 Å². The molecule has 26 heavy (non-hydrogen) atoms. The number of carbonyl (C=O) groups excluding carboxylic acids is 1. The molecule has 140 valence electrons. The summed E-state index contributed by atoms with van der Waals surface area (Å²) in [5.41, 5.74) is 1.15. The minimum absolute atomic E-state index is 0. The highest BCUT2D eigenvalue weighted by Gasteiger charge is 2.17. The zero-order chi connectivity index (χ0) is 17.5. The lowest BCUT2D eigenvalue weighted by atomic mass is 10.1. The summed E-state index contributed by atoms with van der Waals surface area (Å²) in [5, 5.41) is 8.81. The van der Waals surface area contributed by atoms with Crippen LogP contribution in [0.15, 0.2) is 47.5 Å². The molecule has 0 unspecified atom stereocenters. The Hall–Kier alpha value is -1.83. The Kier molecular flexibility index (Phi) is 8.15. The van der Waals surface area contributed by atoms with E-state index in [0.717, 1.165) is 38.0 Å². The lowest BCUT2D eigenvalue weighted by molar-refractivity contribution is -0.128. The van der Waals surface area contributed by atoms with Crippen molar-refractivity contribution in [1.82, 2.24) is 15.5 Å². The van der Waals surface area contributed by atoms with Crippen LogP contribution >= 0.6 is 24.0 Å². The predicted molar refractivity (Wildman–Crippen MR) is 118 cm³/mol. The van der Waals surface area contributed by atoms with E-state index in [-0.39, 0.29) is 29.9 Å². The van der Waals surface area contributed by atoms with Crippen LogP contribution < -0.4 is 10.6 Å². The monoisotopic (exact) mass is 466 g/mol. The third-order valence-corrected chi connectivity index (χ3v) is 4.44. The van der Waals surface area contributed by atoms with Gasteiger partial charge in [0, 0.05) is 19.6 Å². The number of carbonyl (C=O) groups is 1. The fraction of sp³-hybridized carbons (Fsp3) is 0.400. The molecule has 2 aromatic carbocycles. The van der Waals surface area contributed by atoms with Crippen molar-refractivity contribution in [2.75, 3.05) is 26.2 Å². The molecule has 2 N–H and O–H groups in total. The maximum Gasteiger partial charge on any atom is 0.241 e. The average Bonchev–Trinajstić information content (AvgIpc) is 3.18. The molecule has 0 radical (unpaired) electrons. The number of fused-ring (bicyclic) bond motifs is 1. The van der Waals surface area contributed by atoms with Crippen LogP contribution in [-0.2, 0) is 11.3 Å². The number of rotatable bonds is 5. The average molecular weight is 466 g/mol. The molecule has 0 bridgehead atoms. The summed E-state index contributed by atoms with van der Waals surface area (Å²) in [5.74, 6) is 0.831. The van der Waals surface area contributed by atoms with E-state index in [0.29, 0.717) is 19.0 Å². The van der Waals surface area contributed by atoms with Crippen LogP contribution in [0.4, 0.5) is 0 Å². The van der Waals surface area contributed by atoms with Gasteiger partial charge in [-0.2, -0.15) is 0 Å². The summed E-state index contributed by atoms with van der Waals surface area (Å²) in [6.45, 7) is 5.43. The number of amides is 1. The molecular weight excluding hydrogens is 439 g/mol. The van der Waals surface area contributed by atoms with Crippen molar-refractivity contribution in [2.45, 2.75) is 26.3 Å². The molecule has 0 spiro atoms.